The van der Waals surface area contributed by atoms with E-state index in [4.69, 9.17) is 5.73 Å². The molecule has 4 nitrogen and oxygen atoms in total. The molecule has 1 rings (SSSR count). The molecule has 108 valence electrons. The lowest BCUT2D eigenvalue weighted by atomic mass is 10.1. The van der Waals surface area contributed by atoms with Gasteiger partial charge in [-0.05, 0) is 36.5 Å². The summed E-state index contributed by atoms with van der Waals surface area (Å²) in [6.07, 6.45) is 1.69. The largest absolute Gasteiger partial charge is 0.326 e. The predicted molar refractivity (Wildman–Crippen MR) is 73.6 cm³/mol. The van der Waals surface area contributed by atoms with E-state index in [0.717, 1.165) is 18.9 Å². The fourth-order valence-electron chi connectivity index (χ4n) is 1.74. The van der Waals surface area contributed by atoms with Crippen LogP contribution in [0.3, 0.4) is 0 Å². The Hall–Kier alpha value is -0.980. The Bertz CT molecular complexity index is 515. The van der Waals surface area contributed by atoms with Crippen LogP contribution in [-0.4, -0.2) is 15.0 Å². The van der Waals surface area contributed by atoms with Crippen molar-refractivity contribution < 1.29 is 12.8 Å². The highest BCUT2D eigenvalue weighted by atomic mass is 32.2. The first-order valence-corrected chi connectivity index (χ1v) is 7.83. The third-order valence-corrected chi connectivity index (χ3v) is 4.33. The minimum absolute atomic E-state index is 0.0581. The summed E-state index contributed by atoms with van der Waals surface area (Å²) in [6, 6.07) is 3.62. The highest BCUT2D eigenvalue weighted by Crippen LogP contribution is 2.17. The number of hydrogen-bond acceptors (Lipinski definition) is 3. The summed E-state index contributed by atoms with van der Waals surface area (Å²) < 4.78 is 39.8. The van der Waals surface area contributed by atoms with Crippen LogP contribution in [0.25, 0.3) is 0 Å². The van der Waals surface area contributed by atoms with Gasteiger partial charge in [-0.25, -0.2) is 17.5 Å². The van der Waals surface area contributed by atoms with Crippen LogP contribution in [0.2, 0.25) is 0 Å². The normalized spacial score (nSPS) is 12.1. The topological polar surface area (TPSA) is 72.2 Å². The van der Waals surface area contributed by atoms with E-state index < -0.39 is 15.8 Å². The van der Waals surface area contributed by atoms with E-state index >= 15 is 0 Å². The molecule has 6 heteroatoms. The fraction of sp³-hybridized carbons (Fsp3) is 0.538. The number of nitrogens with two attached hydrogens (primary N) is 1. The highest BCUT2D eigenvalue weighted by Gasteiger charge is 2.18. The second-order valence-electron chi connectivity index (χ2n) is 4.89. The summed E-state index contributed by atoms with van der Waals surface area (Å²) in [5.74, 6) is -0.0574. The van der Waals surface area contributed by atoms with Gasteiger partial charge < -0.3 is 5.73 Å². The van der Waals surface area contributed by atoms with Crippen LogP contribution in [-0.2, 0) is 16.6 Å². The van der Waals surface area contributed by atoms with E-state index in [2.05, 4.69) is 18.6 Å². The molecule has 0 aliphatic carbocycles. The smallest absolute Gasteiger partial charge is 0.240 e. The molecule has 0 atom stereocenters. The molecule has 3 N–H and O–H groups in total. The van der Waals surface area contributed by atoms with Crippen molar-refractivity contribution in [3.05, 3.63) is 29.6 Å². The van der Waals surface area contributed by atoms with Crippen molar-refractivity contribution in [1.29, 1.82) is 0 Å². The number of sulfonamides is 1. The van der Waals surface area contributed by atoms with Gasteiger partial charge in [-0.15, -0.1) is 0 Å². The minimum Gasteiger partial charge on any atom is -0.326 e. The van der Waals surface area contributed by atoms with Crippen molar-refractivity contribution in [3.63, 3.8) is 0 Å². The molecule has 0 aliphatic rings. The molecule has 1 aromatic carbocycles. The zero-order valence-electron chi connectivity index (χ0n) is 11.3. The van der Waals surface area contributed by atoms with Gasteiger partial charge in [0.1, 0.15) is 5.82 Å². The molecule has 0 saturated carbocycles. The second kappa shape index (κ2) is 6.98. The minimum atomic E-state index is -3.69. The van der Waals surface area contributed by atoms with Gasteiger partial charge in [0, 0.05) is 13.1 Å². The third kappa shape index (κ3) is 4.89. The third-order valence-electron chi connectivity index (χ3n) is 2.79. The molecule has 0 aliphatic heterocycles. The summed E-state index contributed by atoms with van der Waals surface area (Å²) in [7, 11) is -3.69. The number of halogens is 1. The van der Waals surface area contributed by atoms with E-state index in [0.29, 0.717) is 18.0 Å². The maximum absolute atomic E-state index is 13.2. The molecule has 0 heterocycles. The van der Waals surface area contributed by atoms with Gasteiger partial charge in [-0.3, -0.25) is 0 Å². The van der Waals surface area contributed by atoms with Crippen LogP contribution in [0, 0.1) is 11.7 Å². The Kier molecular flexibility index (Phi) is 5.90. The van der Waals surface area contributed by atoms with E-state index in [1.54, 1.807) is 0 Å². The molecular weight excluding hydrogens is 267 g/mol. The first kappa shape index (κ1) is 16.1. The van der Waals surface area contributed by atoms with E-state index in [-0.39, 0.29) is 11.4 Å². The van der Waals surface area contributed by atoms with Crippen LogP contribution >= 0.6 is 0 Å². The van der Waals surface area contributed by atoms with Crippen LogP contribution in [0.4, 0.5) is 4.39 Å². The molecule has 0 amide bonds. The summed E-state index contributed by atoms with van der Waals surface area (Å²) in [6.45, 7) is 4.56. The molecule has 0 saturated heterocycles. The average Bonchev–Trinajstić information content (AvgIpc) is 2.34. The summed E-state index contributed by atoms with van der Waals surface area (Å²) in [4.78, 5) is -0.0699. The molecule has 0 spiro atoms. The molecule has 0 fully saturated rings. The Labute approximate surface area is 114 Å². The van der Waals surface area contributed by atoms with Gasteiger partial charge in [-0.1, -0.05) is 19.9 Å². The molecular formula is C13H21FN2O2S. The quantitative estimate of drug-likeness (QED) is 0.754. The molecule has 0 bridgehead atoms. The lowest BCUT2D eigenvalue weighted by Gasteiger charge is -2.11. The van der Waals surface area contributed by atoms with E-state index in [1.807, 2.05) is 0 Å². The molecule has 1 aromatic rings. The lowest BCUT2D eigenvalue weighted by molar-refractivity contribution is 0.538. The molecule has 0 aromatic heterocycles. The van der Waals surface area contributed by atoms with Gasteiger partial charge >= 0.3 is 0 Å². The van der Waals surface area contributed by atoms with Gasteiger partial charge in [0.2, 0.25) is 10.0 Å². The summed E-state index contributed by atoms with van der Waals surface area (Å²) in [5.41, 5.74) is 5.89. The van der Waals surface area contributed by atoms with Crippen molar-refractivity contribution in [1.82, 2.24) is 4.72 Å². The van der Waals surface area contributed by atoms with Gasteiger partial charge in [0.25, 0.3) is 0 Å². The summed E-state index contributed by atoms with van der Waals surface area (Å²) in [5, 5.41) is 0. The van der Waals surface area contributed by atoms with Gasteiger partial charge in [-0.2, -0.15) is 0 Å². The Balaban J connectivity index is 2.79. The van der Waals surface area contributed by atoms with Crippen LogP contribution in [0.5, 0.6) is 0 Å². The van der Waals surface area contributed by atoms with E-state index in [1.165, 1.54) is 12.1 Å². The predicted octanol–water partition coefficient (Wildman–Crippen LogP) is 2.00. The number of hydrogen-bond donors (Lipinski definition) is 2. The number of benzene rings is 1. The Morgan fingerprint density at radius 1 is 1.37 bits per heavy atom. The zero-order valence-corrected chi connectivity index (χ0v) is 12.1. The van der Waals surface area contributed by atoms with Crippen molar-refractivity contribution >= 4 is 10.0 Å². The monoisotopic (exact) mass is 288 g/mol. The lowest BCUT2D eigenvalue weighted by Crippen LogP contribution is -2.26. The van der Waals surface area contributed by atoms with Gasteiger partial charge in [0.05, 0.1) is 4.90 Å². The number of rotatable bonds is 7. The second-order valence-corrected chi connectivity index (χ2v) is 6.63. The molecule has 0 unspecified atom stereocenters. The van der Waals surface area contributed by atoms with Crippen LogP contribution in [0.1, 0.15) is 32.3 Å². The number of nitrogens with one attached hydrogen (secondary N) is 1. The standard InChI is InChI=1S/C13H21FN2O2S/c1-10(2)4-3-7-16-19(17,18)13-8-12(14)6-5-11(13)9-15/h5-6,8,10,16H,3-4,7,9,15H2,1-2H3. The Morgan fingerprint density at radius 3 is 2.63 bits per heavy atom. The molecule has 0 radical (unpaired) electrons. The van der Waals surface area contributed by atoms with E-state index in [9.17, 15) is 12.8 Å². The maximum Gasteiger partial charge on any atom is 0.240 e. The zero-order chi connectivity index (χ0) is 14.5. The SMILES string of the molecule is CC(C)CCCNS(=O)(=O)c1cc(F)ccc1CN. The van der Waals surface area contributed by atoms with Crippen molar-refractivity contribution in [2.24, 2.45) is 11.7 Å². The van der Waals surface area contributed by atoms with Crippen LogP contribution in [0.15, 0.2) is 23.1 Å². The summed E-state index contributed by atoms with van der Waals surface area (Å²) >= 11 is 0. The Morgan fingerprint density at radius 2 is 2.05 bits per heavy atom. The first-order valence-electron chi connectivity index (χ1n) is 6.35. The highest BCUT2D eigenvalue weighted by molar-refractivity contribution is 7.89. The molecule has 19 heavy (non-hydrogen) atoms. The average molecular weight is 288 g/mol. The first-order chi connectivity index (χ1) is 8.86. The van der Waals surface area contributed by atoms with Crippen LogP contribution < -0.4 is 10.5 Å². The van der Waals surface area contributed by atoms with Crippen molar-refractivity contribution in [3.8, 4) is 0 Å². The fourth-order valence-corrected chi connectivity index (χ4v) is 3.07. The van der Waals surface area contributed by atoms with Crippen molar-refractivity contribution in [2.45, 2.75) is 38.1 Å². The maximum atomic E-state index is 13.2. The van der Waals surface area contributed by atoms with Crippen molar-refractivity contribution in [2.75, 3.05) is 6.54 Å². The van der Waals surface area contributed by atoms with Gasteiger partial charge in [0.15, 0.2) is 0 Å².